The van der Waals surface area contributed by atoms with Gasteiger partial charge in [0.2, 0.25) is 5.91 Å². The van der Waals surface area contributed by atoms with Gasteiger partial charge in [-0.1, -0.05) is 28.9 Å². The van der Waals surface area contributed by atoms with Gasteiger partial charge < -0.3 is 10.4 Å². The molecule has 2 N–H and O–H groups in total. The van der Waals surface area contributed by atoms with E-state index in [1.54, 1.807) is 31.2 Å². The predicted octanol–water partition coefficient (Wildman–Crippen LogP) is 1.62. The van der Waals surface area contributed by atoms with Crippen molar-refractivity contribution in [1.29, 1.82) is 0 Å². The lowest BCUT2D eigenvalue weighted by atomic mass is 10.3. The second-order valence-electron chi connectivity index (χ2n) is 4.04. The van der Waals surface area contributed by atoms with E-state index in [0.717, 1.165) is 0 Å². The van der Waals surface area contributed by atoms with Crippen LogP contribution in [0.25, 0.3) is 0 Å². The first-order valence-corrected chi connectivity index (χ1v) is 6.06. The highest BCUT2D eigenvalue weighted by atomic mass is 35.5. The Morgan fingerprint density at radius 1 is 1.53 bits per heavy atom. The fraction of sp³-hybridized carbons (Fsp3) is 0.250. The molecule has 100 valence electrons. The van der Waals surface area contributed by atoms with Crippen LogP contribution in [0.15, 0.2) is 30.5 Å². The fourth-order valence-corrected chi connectivity index (χ4v) is 1.66. The second-order valence-corrected chi connectivity index (χ2v) is 4.45. The molecule has 1 unspecified atom stereocenters. The first-order chi connectivity index (χ1) is 9.06. The maximum absolute atomic E-state index is 11.8. The zero-order valence-electron chi connectivity index (χ0n) is 10.2. The van der Waals surface area contributed by atoms with Gasteiger partial charge in [0.05, 0.1) is 23.0 Å². The zero-order chi connectivity index (χ0) is 13.8. The Balaban J connectivity index is 1.99. The molecule has 0 saturated carbocycles. The van der Waals surface area contributed by atoms with Crippen molar-refractivity contribution in [3.63, 3.8) is 0 Å². The number of carbonyl (C=O) groups excluding carboxylic acids is 1. The normalized spacial score (nSPS) is 12.2. The molecule has 1 heterocycles. The third-order valence-corrected chi connectivity index (χ3v) is 2.77. The topological polar surface area (TPSA) is 80.0 Å². The third kappa shape index (κ3) is 3.52. The van der Waals surface area contributed by atoms with Crippen molar-refractivity contribution in [3.05, 3.63) is 41.2 Å². The number of carbonyl (C=O) groups is 1. The van der Waals surface area contributed by atoms with Gasteiger partial charge in [0.15, 0.2) is 0 Å². The number of benzene rings is 1. The molecular weight excluding hydrogens is 268 g/mol. The molecule has 0 spiro atoms. The molecule has 0 fully saturated rings. The molecule has 0 aliphatic carbocycles. The van der Waals surface area contributed by atoms with Crippen LogP contribution in [0.1, 0.15) is 18.7 Å². The van der Waals surface area contributed by atoms with E-state index in [9.17, 15) is 9.90 Å². The molecule has 0 radical (unpaired) electrons. The summed E-state index contributed by atoms with van der Waals surface area (Å²) >= 11 is 5.93. The molecule has 0 aliphatic heterocycles. The first-order valence-electron chi connectivity index (χ1n) is 5.68. The van der Waals surface area contributed by atoms with E-state index < -0.39 is 6.10 Å². The van der Waals surface area contributed by atoms with Gasteiger partial charge in [0, 0.05) is 0 Å². The molecule has 7 heteroatoms. The molecule has 1 aromatic heterocycles. The largest absolute Gasteiger partial charge is 0.387 e. The van der Waals surface area contributed by atoms with Gasteiger partial charge in [-0.3, -0.25) is 4.79 Å². The minimum Gasteiger partial charge on any atom is -0.387 e. The predicted molar refractivity (Wildman–Crippen MR) is 70.7 cm³/mol. The highest BCUT2D eigenvalue weighted by Crippen LogP contribution is 2.20. The van der Waals surface area contributed by atoms with Crippen LogP contribution in [-0.4, -0.2) is 26.0 Å². The molecule has 2 aromatic rings. The van der Waals surface area contributed by atoms with Gasteiger partial charge in [0.25, 0.3) is 0 Å². The Kier molecular flexibility index (Phi) is 4.13. The Morgan fingerprint density at radius 3 is 2.89 bits per heavy atom. The quantitative estimate of drug-likeness (QED) is 0.892. The molecular formula is C12H13ClN4O2. The van der Waals surface area contributed by atoms with E-state index in [4.69, 9.17) is 11.6 Å². The van der Waals surface area contributed by atoms with Gasteiger partial charge in [0.1, 0.15) is 12.2 Å². The SMILES string of the molecule is CC(O)c1cn(CC(=O)Nc2ccccc2Cl)nn1. The zero-order valence-corrected chi connectivity index (χ0v) is 11.0. The number of hydrogen-bond acceptors (Lipinski definition) is 4. The van der Waals surface area contributed by atoms with Crippen molar-refractivity contribution in [2.75, 3.05) is 5.32 Å². The summed E-state index contributed by atoms with van der Waals surface area (Å²) in [7, 11) is 0. The summed E-state index contributed by atoms with van der Waals surface area (Å²) in [5.41, 5.74) is 0.968. The van der Waals surface area contributed by atoms with Crippen molar-refractivity contribution in [1.82, 2.24) is 15.0 Å². The minimum absolute atomic E-state index is 0.00490. The monoisotopic (exact) mass is 280 g/mol. The lowest BCUT2D eigenvalue weighted by Gasteiger charge is -2.06. The Morgan fingerprint density at radius 2 is 2.26 bits per heavy atom. The smallest absolute Gasteiger partial charge is 0.246 e. The number of halogens is 1. The fourth-order valence-electron chi connectivity index (χ4n) is 1.48. The van der Waals surface area contributed by atoms with E-state index in [0.29, 0.717) is 16.4 Å². The van der Waals surface area contributed by atoms with E-state index in [1.165, 1.54) is 10.9 Å². The van der Waals surface area contributed by atoms with Crippen molar-refractivity contribution in [2.24, 2.45) is 0 Å². The van der Waals surface area contributed by atoms with Crippen LogP contribution in [0.5, 0.6) is 0 Å². The number of amides is 1. The molecule has 0 bridgehead atoms. The Labute approximate surface area is 115 Å². The van der Waals surface area contributed by atoms with Crippen molar-refractivity contribution in [3.8, 4) is 0 Å². The molecule has 1 aromatic carbocycles. The van der Waals surface area contributed by atoms with E-state index in [2.05, 4.69) is 15.6 Å². The Bertz CT molecular complexity index is 583. The molecule has 2 rings (SSSR count). The van der Waals surface area contributed by atoms with Gasteiger partial charge in [-0.15, -0.1) is 5.10 Å². The molecule has 19 heavy (non-hydrogen) atoms. The van der Waals surface area contributed by atoms with Crippen LogP contribution < -0.4 is 5.32 Å². The molecule has 0 aliphatic rings. The van der Waals surface area contributed by atoms with Gasteiger partial charge in [-0.25, -0.2) is 4.68 Å². The van der Waals surface area contributed by atoms with Crippen LogP contribution >= 0.6 is 11.6 Å². The van der Waals surface area contributed by atoms with Crippen molar-refractivity contribution >= 4 is 23.2 Å². The maximum atomic E-state index is 11.8. The minimum atomic E-state index is -0.708. The van der Waals surface area contributed by atoms with Crippen LogP contribution in [0, 0.1) is 0 Å². The van der Waals surface area contributed by atoms with Crippen molar-refractivity contribution in [2.45, 2.75) is 19.6 Å². The lowest BCUT2D eigenvalue weighted by Crippen LogP contribution is -2.19. The highest BCUT2D eigenvalue weighted by molar-refractivity contribution is 6.33. The average molecular weight is 281 g/mol. The van der Waals surface area contributed by atoms with E-state index in [-0.39, 0.29) is 12.5 Å². The van der Waals surface area contributed by atoms with Gasteiger partial charge >= 0.3 is 0 Å². The van der Waals surface area contributed by atoms with Gasteiger partial charge in [-0.2, -0.15) is 0 Å². The number of nitrogens with zero attached hydrogens (tertiary/aromatic N) is 3. The maximum Gasteiger partial charge on any atom is 0.246 e. The number of rotatable bonds is 4. The van der Waals surface area contributed by atoms with E-state index >= 15 is 0 Å². The van der Waals surface area contributed by atoms with Crippen molar-refractivity contribution < 1.29 is 9.90 Å². The Hall–Kier alpha value is -1.92. The van der Waals surface area contributed by atoms with Crippen LogP contribution in [0.3, 0.4) is 0 Å². The number of para-hydroxylation sites is 1. The number of aliphatic hydroxyl groups is 1. The van der Waals surface area contributed by atoms with Crippen LogP contribution in [-0.2, 0) is 11.3 Å². The summed E-state index contributed by atoms with van der Waals surface area (Å²) in [5, 5.41) is 20.0. The summed E-state index contributed by atoms with van der Waals surface area (Å²) in [6, 6.07) is 6.97. The summed E-state index contributed by atoms with van der Waals surface area (Å²) in [5.74, 6) is -0.268. The second kappa shape index (κ2) is 5.81. The summed E-state index contributed by atoms with van der Waals surface area (Å²) in [4.78, 5) is 11.8. The number of hydrogen-bond donors (Lipinski definition) is 2. The number of aliphatic hydroxyl groups excluding tert-OH is 1. The van der Waals surface area contributed by atoms with E-state index in [1.807, 2.05) is 0 Å². The number of aromatic nitrogens is 3. The summed E-state index contributed by atoms with van der Waals surface area (Å²) in [6.45, 7) is 1.59. The van der Waals surface area contributed by atoms with Crippen LogP contribution in [0.2, 0.25) is 5.02 Å². The summed E-state index contributed by atoms with van der Waals surface area (Å²) in [6.07, 6.45) is 0.817. The molecule has 1 atom stereocenters. The van der Waals surface area contributed by atoms with Crippen LogP contribution in [0.4, 0.5) is 5.69 Å². The summed E-state index contributed by atoms with van der Waals surface area (Å²) < 4.78 is 1.36. The third-order valence-electron chi connectivity index (χ3n) is 2.44. The van der Waals surface area contributed by atoms with Gasteiger partial charge in [-0.05, 0) is 19.1 Å². The number of anilines is 1. The standard InChI is InChI=1S/C12H13ClN4O2/c1-8(18)11-6-17(16-15-11)7-12(19)14-10-5-3-2-4-9(10)13/h2-6,8,18H,7H2,1H3,(H,14,19). The first kappa shape index (κ1) is 13.5. The highest BCUT2D eigenvalue weighted by Gasteiger charge is 2.10. The molecule has 1 amide bonds. The molecule has 0 saturated heterocycles. The average Bonchev–Trinajstić information content (AvgIpc) is 2.80. The number of nitrogens with one attached hydrogen (secondary N) is 1. The molecule has 6 nitrogen and oxygen atoms in total. The lowest BCUT2D eigenvalue weighted by molar-refractivity contribution is -0.116.